The average molecular weight is 268 g/mol. The van der Waals surface area contributed by atoms with E-state index in [1.165, 1.54) is 11.1 Å². The van der Waals surface area contributed by atoms with Crippen LogP contribution in [0.4, 0.5) is 0 Å². The summed E-state index contributed by atoms with van der Waals surface area (Å²) in [7, 11) is -3.38. The summed E-state index contributed by atoms with van der Waals surface area (Å²) < 4.78 is 28.0. The van der Waals surface area contributed by atoms with Gasteiger partial charge in [0, 0.05) is 5.92 Å². The highest BCUT2D eigenvalue weighted by atomic mass is 32.2. The maximum Gasteiger partial charge on any atom is 0.264 e. The molecule has 1 aliphatic rings. The first-order valence-corrected chi connectivity index (χ1v) is 8.23. The van der Waals surface area contributed by atoms with Crippen LogP contribution in [0.3, 0.4) is 0 Å². The Morgan fingerprint density at radius 2 is 1.83 bits per heavy atom. The highest BCUT2D eigenvalue weighted by Gasteiger charge is 2.30. The fraction of sp³-hybridized carbons (Fsp3) is 0.571. The SMILES string of the molecule is Cc1ccccc1[C@H]1CCCC[C@H]1OS(C)(=O)=O. The molecule has 1 fully saturated rings. The maximum atomic E-state index is 11.3. The van der Waals surface area contributed by atoms with E-state index in [0.717, 1.165) is 31.9 Å². The van der Waals surface area contributed by atoms with Gasteiger partial charge in [0.1, 0.15) is 0 Å². The summed E-state index contributed by atoms with van der Waals surface area (Å²) in [5.41, 5.74) is 2.44. The standard InChI is InChI=1S/C14H20O3S/c1-11-7-3-4-8-12(11)13-9-5-6-10-14(13)17-18(2,15)16/h3-4,7-8,13-14H,5-6,9-10H2,1-2H3/t13-,14-/m1/s1. The molecule has 0 amide bonds. The molecule has 4 heteroatoms. The molecule has 2 rings (SSSR count). The molecule has 0 aromatic heterocycles. The lowest BCUT2D eigenvalue weighted by Gasteiger charge is -2.31. The Kier molecular flexibility index (Phi) is 4.07. The first kappa shape index (κ1) is 13.6. The lowest BCUT2D eigenvalue weighted by Crippen LogP contribution is -2.28. The minimum Gasteiger partial charge on any atom is -0.266 e. The van der Waals surface area contributed by atoms with Gasteiger partial charge in [0.2, 0.25) is 0 Å². The normalized spacial score (nSPS) is 25.0. The molecular weight excluding hydrogens is 248 g/mol. The first-order chi connectivity index (χ1) is 8.47. The van der Waals surface area contributed by atoms with Crippen LogP contribution in [0.15, 0.2) is 24.3 Å². The molecule has 100 valence electrons. The van der Waals surface area contributed by atoms with Crippen LogP contribution in [0.5, 0.6) is 0 Å². The van der Waals surface area contributed by atoms with Crippen LogP contribution < -0.4 is 0 Å². The Bertz CT molecular complexity index is 508. The van der Waals surface area contributed by atoms with E-state index in [1.54, 1.807) is 0 Å². The lowest BCUT2D eigenvalue weighted by atomic mass is 9.80. The number of rotatable bonds is 3. The van der Waals surface area contributed by atoms with Gasteiger partial charge in [-0.3, -0.25) is 4.18 Å². The second-order valence-electron chi connectivity index (χ2n) is 5.09. The van der Waals surface area contributed by atoms with Crippen LogP contribution in [0, 0.1) is 6.92 Å². The summed E-state index contributed by atoms with van der Waals surface area (Å²) in [5.74, 6) is 0.203. The molecule has 1 saturated carbocycles. The van der Waals surface area contributed by atoms with Gasteiger partial charge in [0.25, 0.3) is 10.1 Å². The molecule has 1 aromatic carbocycles. The molecule has 0 N–H and O–H groups in total. The molecule has 0 heterocycles. The van der Waals surface area contributed by atoms with E-state index in [0.29, 0.717) is 0 Å². The summed E-state index contributed by atoms with van der Waals surface area (Å²) in [6.45, 7) is 2.07. The average Bonchev–Trinajstić information content (AvgIpc) is 2.29. The van der Waals surface area contributed by atoms with Crippen LogP contribution in [-0.2, 0) is 14.3 Å². The quantitative estimate of drug-likeness (QED) is 0.791. The monoisotopic (exact) mass is 268 g/mol. The molecule has 0 unspecified atom stereocenters. The topological polar surface area (TPSA) is 43.4 Å². The molecule has 0 radical (unpaired) electrons. The van der Waals surface area contributed by atoms with E-state index in [-0.39, 0.29) is 12.0 Å². The summed E-state index contributed by atoms with van der Waals surface area (Å²) in [6, 6.07) is 8.17. The number of benzene rings is 1. The van der Waals surface area contributed by atoms with E-state index in [9.17, 15) is 8.42 Å². The lowest BCUT2D eigenvalue weighted by molar-refractivity contribution is 0.138. The van der Waals surface area contributed by atoms with Crippen molar-refractivity contribution in [3.8, 4) is 0 Å². The van der Waals surface area contributed by atoms with Gasteiger partial charge in [-0.05, 0) is 30.9 Å². The summed E-state index contributed by atoms with van der Waals surface area (Å²) in [5, 5.41) is 0. The predicted octanol–water partition coefficient (Wildman–Crippen LogP) is 3.00. The minimum absolute atomic E-state index is 0.199. The Morgan fingerprint density at radius 1 is 1.17 bits per heavy atom. The summed E-state index contributed by atoms with van der Waals surface area (Å²) in [6.07, 6.45) is 4.95. The molecule has 2 atom stereocenters. The van der Waals surface area contributed by atoms with Crippen LogP contribution >= 0.6 is 0 Å². The van der Waals surface area contributed by atoms with Crippen molar-refractivity contribution in [2.24, 2.45) is 0 Å². The van der Waals surface area contributed by atoms with E-state index in [2.05, 4.69) is 19.1 Å². The zero-order valence-corrected chi connectivity index (χ0v) is 11.7. The van der Waals surface area contributed by atoms with Gasteiger partial charge in [-0.1, -0.05) is 37.1 Å². The van der Waals surface area contributed by atoms with Crippen molar-refractivity contribution in [3.63, 3.8) is 0 Å². The largest absolute Gasteiger partial charge is 0.266 e. The molecule has 0 aliphatic heterocycles. The van der Waals surface area contributed by atoms with Gasteiger partial charge >= 0.3 is 0 Å². The van der Waals surface area contributed by atoms with Gasteiger partial charge in [-0.25, -0.2) is 0 Å². The van der Waals surface area contributed by atoms with Gasteiger partial charge in [0.15, 0.2) is 0 Å². The second-order valence-corrected chi connectivity index (χ2v) is 6.69. The van der Waals surface area contributed by atoms with Gasteiger partial charge < -0.3 is 0 Å². The van der Waals surface area contributed by atoms with Crippen LogP contribution in [-0.4, -0.2) is 20.8 Å². The van der Waals surface area contributed by atoms with E-state index in [4.69, 9.17) is 4.18 Å². The Labute approximate surface area is 109 Å². The fourth-order valence-corrected chi connectivity index (χ4v) is 3.47. The van der Waals surface area contributed by atoms with Crippen molar-refractivity contribution in [2.75, 3.05) is 6.26 Å². The molecule has 3 nitrogen and oxygen atoms in total. The van der Waals surface area contributed by atoms with Crippen molar-refractivity contribution in [1.29, 1.82) is 0 Å². The van der Waals surface area contributed by atoms with Crippen LogP contribution in [0.1, 0.15) is 42.7 Å². The smallest absolute Gasteiger partial charge is 0.264 e. The molecule has 1 aliphatic carbocycles. The summed E-state index contributed by atoms with van der Waals surface area (Å²) >= 11 is 0. The fourth-order valence-electron chi connectivity index (χ4n) is 2.80. The van der Waals surface area contributed by atoms with Crippen molar-refractivity contribution in [3.05, 3.63) is 35.4 Å². The van der Waals surface area contributed by atoms with E-state index >= 15 is 0 Å². The zero-order valence-electron chi connectivity index (χ0n) is 10.9. The van der Waals surface area contributed by atoms with Crippen LogP contribution in [0.25, 0.3) is 0 Å². The molecule has 0 bridgehead atoms. The number of hydrogen-bond donors (Lipinski definition) is 0. The molecule has 0 saturated heterocycles. The van der Waals surface area contributed by atoms with Crippen molar-refractivity contribution < 1.29 is 12.6 Å². The van der Waals surface area contributed by atoms with Crippen molar-refractivity contribution in [2.45, 2.75) is 44.6 Å². The predicted molar refractivity (Wildman–Crippen MR) is 72.1 cm³/mol. The third-order valence-electron chi connectivity index (χ3n) is 3.59. The first-order valence-electron chi connectivity index (χ1n) is 6.41. The molecule has 1 aromatic rings. The Hall–Kier alpha value is -0.870. The second kappa shape index (κ2) is 5.41. The van der Waals surface area contributed by atoms with Crippen LogP contribution in [0.2, 0.25) is 0 Å². The highest BCUT2D eigenvalue weighted by molar-refractivity contribution is 7.86. The summed E-state index contributed by atoms with van der Waals surface area (Å²) in [4.78, 5) is 0. The van der Waals surface area contributed by atoms with Crippen molar-refractivity contribution in [1.82, 2.24) is 0 Å². The van der Waals surface area contributed by atoms with Crippen molar-refractivity contribution >= 4 is 10.1 Å². The molecule has 18 heavy (non-hydrogen) atoms. The van der Waals surface area contributed by atoms with Gasteiger partial charge in [-0.2, -0.15) is 8.42 Å². The number of hydrogen-bond acceptors (Lipinski definition) is 3. The highest BCUT2D eigenvalue weighted by Crippen LogP contribution is 2.36. The van der Waals surface area contributed by atoms with Gasteiger partial charge in [-0.15, -0.1) is 0 Å². The zero-order chi connectivity index (χ0) is 13.2. The maximum absolute atomic E-state index is 11.3. The molecular formula is C14H20O3S. The minimum atomic E-state index is -3.38. The number of aryl methyl sites for hydroxylation is 1. The molecule has 0 spiro atoms. The Balaban J connectivity index is 2.26. The Morgan fingerprint density at radius 3 is 2.50 bits per heavy atom. The third-order valence-corrected chi connectivity index (χ3v) is 4.19. The third kappa shape index (κ3) is 3.33. The van der Waals surface area contributed by atoms with E-state index in [1.807, 2.05) is 12.1 Å². The van der Waals surface area contributed by atoms with Gasteiger partial charge in [0.05, 0.1) is 12.4 Å². The van der Waals surface area contributed by atoms with E-state index < -0.39 is 10.1 Å².